The van der Waals surface area contributed by atoms with Crippen LogP contribution in [0.5, 0.6) is 5.75 Å². The Balaban J connectivity index is 1.68. The van der Waals surface area contributed by atoms with Gasteiger partial charge in [0, 0.05) is 25.7 Å². The number of hydrogen-bond donors (Lipinski definition) is 1. The average Bonchev–Trinajstić information content (AvgIpc) is 2.76. The predicted molar refractivity (Wildman–Crippen MR) is 119 cm³/mol. The zero-order valence-corrected chi connectivity index (χ0v) is 19.0. The first-order valence-electron chi connectivity index (χ1n) is 11.3. The van der Waals surface area contributed by atoms with Gasteiger partial charge in [0.2, 0.25) is 5.91 Å². The van der Waals surface area contributed by atoms with Gasteiger partial charge in [-0.05, 0) is 63.8 Å². The van der Waals surface area contributed by atoms with Gasteiger partial charge in [-0.25, -0.2) is 0 Å². The Bertz CT molecular complexity index is 791. The molecular formula is C22H35N3O4S. The number of hydrogen-bond acceptors (Lipinski definition) is 4. The second kappa shape index (κ2) is 10.5. The van der Waals surface area contributed by atoms with Gasteiger partial charge in [-0.2, -0.15) is 12.7 Å². The first-order chi connectivity index (χ1) is 14.5. The molecule has 3 rings (SSSR count). The van der Waals surface area contributed by atoms with E-state index in [1.54, 1.807) is 24.3 Å². The van der Waals surface area contributed by atoms with Crippen LogP contribution >= 0.6 is 0 Å². The summed E-state index contributed by atoms with van der Waals surface area (Å²) in [4.78, 5) is 12.8. The summed E-state index contributed by atoms with van der Waals surface area (Å²) in [6.45, 7) is 5.32. The molecule has 0 radical (unpaired) electrons. The zero-order valence-electron chi connectivity index (χ0n) is 18.2. The topological polar surface area (TPSA) is 79.0 Å². The van der Waals surface area contributed by atoms with Crippen LogP contribution in [-0.2, 0) is 15.0 Å². The molecular weight excluding hydrogens is 402 g/mol. The molecule has 0 aromatic heterocycles. The Morgan fingerprint density at radius 2 is 1.80 bits per heavy atom. The highest BCUT2D eigenvalue weighted by molar-refractivity contribution is 7.90. The molecule has 1 aliphatic heterocycles. The SMILES string of the molecule is CCOc1ccc(N(CC)S(=O)(=O)N2CCC[C@H](C(=O)NC3CCCCC3)C2)cc1. The third kappa shape index (κ3) is 5.46. The van der Waals surface area contributed by atoms with Gasteiger partial charge in [-0.15, -0.1) is 0 Å². The summed E-state index contributed by atoms with van der Waals surface area (Å²) in [6.07, 6.45) is 7.04. The number of rotatable bonds is 8. The summed E-state index contributed by atoms with van der Waals surface area (Å²) in [5, 5.41) is 3.17. The smallest absolute Gasteiger partial charge is 0.304 e. The van der Waals surface area contributed by atoms with Crippen molar-refractivity contribution in [2.24, 2.45) is 5.92 Å². The fourth-order valence-corrected chi connectivity index (χ4v) is 6.15. The molecule has 1 saturated carbocycles. The van der Waals surface area contributed by atoms with Crippen LogP contribution in [0.4, 0.5) is 5.69 Å². The van der Waals surface area contributed by atoms with Gasteiger partial charge < -0.3 is 10.1 Å². The van der Waals surface area contributed by atoms with Crippen molar-refractivity contribution in [1.29, 1.82) is 0 Å². The number of anilines is 1. The van der Waals surface area contributed by atoms with E-state index in [0.29, 0.717) is 37.6 Å². The van der Waals surface area contributed by atoms with Crippen LogP contribution in [0, 0.1) is 5.92 Å². The van der Waals surface area contributed by atoms with Crippen molar-refractivity contribution in [1.82, 2.24) is 9.62 Å². The van der Waals surface area contributed by atoms with E-state index < -0.39 is 10.2 Å². The average molecular weight is 438 g/mol. The van der Waals surface area contributed by atoms with E-state index in [9.17, 15) is 13.2 Å². The molecule has 1 saturated heterocycles. The minimum absolute atomic E-state index is 0.00548. The molecule has 168 valence electrons. The lowest BCUT2D eigenvalue weighted by molar-refractivity contribution is -0.127. The summed E-state index contributed by atoms with van der Waals surface area (Å²) in [5.41, 5.74) is 0.606. The summed E-state index contributed by atoms with van der Waals surface area (Å²) in [7, 11) is -3.71. The molecule has 1 atom stereocenters. The molecule has 1 aliphatic carbocycles. The maximum absolute atomic E-state index is 13.4. The second-order valence-corrected chi connectivity index (χ2v) is 9.99. The Kier molecular flexibility index (Phi) is 7.99. The number of ether oxygens (including phenoxy) is 1. The fourth-order valence-electron chi connectivity index (χ4n) is 4.43. The molecule has 0 spiro atoms. The highest BCUT2D eigenvalue weighted by atomic mass is 32.2. The van der Waals surface area contributed by atoms with Gasteiger partial charge >= 0.3 is 10.2 Å². The highest BCUT2D eigenvalue weighted by Crippen LogP contribution is 2.27. The standard InChI is InChI=1S/C22H35N3O4S/c1-3-25(20-12-14-21(15-13-20)29-4-2)30(27,28)24-16-8-9-18(17-24)22(26)23-19-10-6-5-7-11-19/h12-15,18-19H,3-11,16-17H2,1-2H3,(H,23,26)/t18-/m0/s1. The molecule has 1 N–H and O–H groups in total. The molecule has 8 heteroatoms. The van der Waals surface area contributed by atoms with Gasteiger partial charge in [0.25, 0.3) is 0 Å². The van der Waals surface area contributed by atoms with Crippen LogP contribution in [0.15, 0.2) is 24.3 Å². The number of nitrogens with one attached hydrogen (secondary N) is 1. The molecule has 7 nitrogen and oxygen atoms in total. The molecule has 1 heterocycles. The van der Waals surface area contributed by atoms with Crippen molar-refractivity contribution in [2.75, 3.05) is 30.5 Å². The van der Waals surface area contributed by atoms with Crippen LogP contribution < -0.4 is 14.4 Å². The van der Waals surface area contributed by atoms with Crippen LogP contribution in [0.3, 0.4) is 0 Å². The Morgan fingerprint density at radius 1 is 1.10 bits per heavy atom. The normalized spacial score (nSPS) is 21.2. The minimum Gasteiger partial charge on any atom is -0.494 e. The van der Waals surface area contributed by atoms with Gasteiger partial charge in [-0.1, -0.05) is 19.3 Å². The van der Waals surface area contributed by atoms with Crippen molar-refractivity contribution in [3.05, 3.63) is 24.3 Å². The maximum atomic E-state index is 13.4. The lowest BCUT2D eigenvalue weighted by Gasteiger charge is -2.36. The number of nitrogens with zero attached hydrogens (tertiary/aromatic N) is 2. The Morgan fingerprint density at radius 3 is 2.43 bits per heavy atom. The lowest BCUT2D eigenvalue weighted by atomic mass is 9.93. The monoisotopic (exact) mass is 437 g/mol. The van der Waals surface area contributed by atoms with Crippen molar-refractivity contribution in [2.45, 2.75) is 64.8 Å². The number of carbonyl (C=O) groups excluding carboxylic acids is 1. The van der Waals surface area contributed by atoms with Crippen molar-refractivity contribution in [3.63, 3.8) is 0 Å². The summed E-state index contributed by atoms with van der Waals surface area (Å²) < 4.78 is 35.1. The molecule has 0 unspecified atom stereocenters. The second-order valence-electron chi connectivity index (χ2n) is 8.14. The largest absolute Gasteiger partial charge is 0.494 e. The van der Waals surface area contributed by atoms with Gasteiger partial charge in [0.1, 0.15) is 5.75 Å². The van der Waals surface area contributed by atoms with Crippen LogP contribution in [0.2, 0.25) is 0 Å². The first kappa shape index (κ1) is 22.9. The number of benzene rings is 1. The van der Waals surface area contributed by atoms with E-state index in [1.807, 2.05) is 13.8 Å². The maximum Gasteiger partial charge on any atom is 0.304 e. The van der Waals surface area contributed by atoms with Crippen molar-refractivity contribution >= 4 is 21.8 Å². The summed E-state index contributed by atoms with van der Waals surface area (Å²) >= 11 is 0. The van der Waals surface area contributed by atoms with E-state index in [-0.39, 0.29) is 24.4 Å². The predicted octanol–water partition coefficient (Wildman–Crippen LogP) is 3.32. The van der Waals surface area contributed by atoms with E-state index >= 15 is 0 Å². The number of amides is 1. The molecule has 1 aromatic rings. The van der Waals surface area contributed by atoms with Gasteiger partial charge in [-0.3, -0.25) is 9.10 Å². The number of piperidine rings is 1. The van der Waals surface area contributed by atoms with E-state index in [1.165, 1.54) is 15.0 Å². The van der Waals surface area contributed by atoms with Crippen molar-refractivity contribution < 1.29 is 17.9 Å². The minimum atomic E-state index is -3.71. The van der Waals surface area contributed by atoms with E-state index in [0.717, 1.165) is 32.1 Å². The zero-order chi connectivity index (χ0) is 21.6. The highest BCUT2D eigenvalue weighted by Gasteiger charge is 2.36. The quantitative estimate of drug-likeness (QED) is 0.677. The number of carbonyl (C=O) groups is 1. The lowest BCUT2D eigenvalue weighted by Crippen LogP contribution is -2.51. The van der Waals surface area contributed by atoms with Gasteiger partial charge in [0.15, 0.2) is 0 Å². The fraction of sp³-hybridized carbons (Fsp3) is 0.682. The molecule has 30 heavy (non-hydrogen) atoms. The molecule has 1 amide bonds. The van der Waals surface area contributed by atoms with Crippen LogP contribution in [0.1, 0.15) is 58.8 Å². The van der Waals surface area contributed by atoms with Crippen LogP contribution in [0.25, 0.3) is 0 Å². The molecule has 1 aromatic carbocycles. The van der Waals surface area contributed by atoms with Crippen molar-refractivity contribution in [3.8, 4) is 5.75 Å². The summed E-state index contributed by atoms with van der Waals surface area (Å²) in [5.74, 6) is 0.438. The van der Waals surface area contributed by atoms with E-state index in [2.05, 4.69) is 5.32 Å². The molecule has 2 fully saturated rings. The van der Waals surface area contributed by atoms with Gasteiger partial charge in [0.05, 0.1) is 18.2 Å². The Labute approximate surface area is 180 Å². The first-order valence-corrected chi connectivity index (χ1v) is 12.7. The molecule has 2 aliphatic rings. The molecule has 0 bridgehead atoms. The van der Waals surface area contributed by atoms with E-state index in [4.69, 9.17) is 4.74 Å². The summed E-state index contributed by atoms with van der Waals surface area (Å²) in [6, 6.07) is 7.35. The Hall–Kier alpha value is -1.80. The third-order valence-electron chi connectivity index (χ3n) is 6.03. The van der Waals surface area contributed by atoms with Crippen LogP contribution in [-0.4, -0.2) is 50.9 Å². The third-order valence-corrected chi connectivity index (χ3v) is 8.04.